The molecule has 3 aliphatic rings. The molecule has 23 heavy (non-hydrogen) atoms. The van der Waals surface area contributed by atoms with Crippen molar-refractivity contribution in [2.45, 2.75) is 32.0 Å². The van der Waals surface area contributed by atoms with Crippen LogP contribution in [0.1, 0.15) is 19.8 Å². The normalized spacial score (nSPS) is 44.5. The molecule has 1 heterocycles. The molecule has 0 spiro atoms. The Hall–Kier alpha value is -1.05. The number of aliphatic hydroxyl groups is 1. The average Bonchev–Trinajstić information content (AvgIpc) is 2.93. The molecule has 1 N–H and O–H groups in total. The molecule has 0 radical (unpaired) electrons. The largest absolute Gasteiger partial charge is 0.461 e. The number of aliphatic hydroxyl groups excluding tert-OH is 1. The summed E-state index contributed by atoms with van der Waals surface area (Å²) in [4.78, 5) is 24.4. The van der Waals surface area contributed by atoms with Gasteiger partial charge in [0, 0.05) is 24.2 Å². The molecular formula is C16H22O6S. The fraction of sp³-hybridized carbons (Fsp3) is 0.750. The zero-order valence-electron chi connectivity index (χ0n) is 13.3. The predicted octanol–water partition coefficient (Wildman–Crippen LogP) is 0.616. The molecule has 1 aliphatic heterocycles. The minimum atomic E-state index is -1.61. The molecule has 3 fully saturated rings. The number of Topliss-reactive ketones (excluding diaryl/α,β-unsaturated/α-hetero) is 1. The van der Waals surface area contributed by atoms with E-state index >= 15 is 0 Å². The second kappa shape index (κ2) is 6.11. The third kappa shape index (κ3) is 2.68. The number of hydrogen-bond donors (Lipinski definition) is 1. The molecule has 6 nitrogen and oxygen atoms in total. The lowest BCUT2D eigenvalue weighted by Crippen LogP contribution is -2.39. The smallest absolute Gasteiger partial charge is 0.310 e. The van der Waals surface area contributed by atoms with Gasteiger partial charge >= 0.3 is 5.97 Å². The summed E-state index contributed by atoms with van der Waals surface area (Å²) in [6.45, 7) is 5.90. The highest BCUT2D eigenvalue weighted by atomic mass is 32.2. The van der Waals surface area contributed by atoms with Crippen LogP contribution in [0.4, 0.5) is 0 Å². The lowest BCUT2D eigenvalue weighted by molar-refractivity contribution is -0.147. The summed E-state index contributed by atoms with van der Waals surface area (Å²) in [5.74, 6) is -1.89. The van der Waals surface area contributed by atoms with Gasteiger partial charge in [0.15, 0.2) is 11.1 Å². The molecule has 128 valence electrons. The fourth-order valence-electron chi connectivity index (χ4n) is 4.49. The van der Waals surface area contributed by atoms with E-state index in [0.717, 1.165) is 5.57 Å². The van der Waals surface area contributed by atoms with Crippen LogP contribution in [-0.2, 0) is 29.6 Å². The first-order valence-electron chi connectivity index (χ1n) is 7.87. The minimum Gasteiger partial charge on any atom is -0.461 e. The highest BCUT2D eigenvalue weighted by Gasteiger charge is 2.59. The quantitative estimate of drug-likeness (QED) is 0.597. The standard InChI is InChI=1S/C16H22O6S/c1-7-4-12(18)14-10(6-23(20)21-3)16(19)22-15(14)13-8(2)11(17)5-9(7)13/h8-10,12-15,18H,1,4-6H2,2-3H3/t8-,9+,10+,12+,13+,14-,15-,23+/m1/s1. The predicted molar refractivity (Wildman–Crippen MR) is 82.4 cm³/mol. The lowest BCUT2D eigenvalue weighted by atomic mass is 9.77. The molecule has 8 atom stereocenters. The Morgan fingerprint density at radius 2 is 2.04 bits per heavy atom. The van der Waals surface area contributed by atoms with Crippen LogP contribution < -0.4 is 0 Å². The van der Waals surface area contributed by atoms with Crippen LogP contribution in [0.2, 0.25) is 0 Å². The van der Waals surface area contributed by atoms with Crippen molar-refractivity contribution in [3.8, 4) is 0 Å². The van der Waals surface area contributed by atoms with Gasteiger partial charge in [-0.25, -0.2) is 4.21 Å². The number of ether oxygens (including phenoxy) is 1. The average molecular weight is 342 g/mol. The molecule has 0 aromatic rings. The Bertz CT molecular complexity index is 573. The van der Waals surface area contributed by atoms with E-state index < -0.39 is 41.1 Å². The summed E-state index contributed by atoms with van der Waals surface area (Å²) in [6.07, 6.45) is -0.574. The number of ketones is 1. The summed E-state index contributed by atoms with van der Waals surface area (Å²) < 4.78 is 22.1. The Morgan fingerprint density at radius 1 is 1.35 bits per heavy atom. The van der Waals surface area contributed by atoms with Crippen molar-refractivity contribution in [1.29, 1.82) is 0 Å². The van der Waals surface area contributed by atoms with E-state index in [1.54, 1.807) is 0 Å². The molecular weight excluding hydrogens is 320 g/mol. The van der Waals surface area contributed by atoms with Crippen molar-refractivity contribution >= 4 is 22.8 Å². The summed E-state index contributed by atoms with van der Waals surface area (Å²) in [5.41, 5.74) is 0.845. The van der Waals surface area contributed by atoms with Crippen molar-refractivity contribution < 1.29 is 27.8 Å². The molecule has 2 aliphatic carbocycles. The Kier molecular flexibility index (Phi) is 4.46. The zero-order valence-corrected chi connectivity index (χ0v) is 14.1. The van der Waals surface area contributed by atoms with Gasteiger partial charge in [-0.2, -0.15) is 0 Å². The van der Waals surface area contributed by atoms with Gasteiger partial charge in [0.2, 0.25) is 0 Å². The van der Waals surface area contributed by atoms with E-state index in [4.69, 9.17) is 8.92 Å². The lowest BCUT2D eigenvalue weighted by Gasteiger charge is -2.29. The molecule has 0 amide bonds. The highest BCUT2D eigenvalue weighted by Crippen LogP contribution is 2.51. The van der Waals surface area contributed by atoms with Crippen molar-refractivity contribution in [3.63, 3.8) is 0 Å². The number of fused-ring (bicyclic) bond motifs is 3. The van der Waals surface area contributed by atoms with E-state index in [0.29, 0.717) is 12.8 Å². The first kappa shape index (κ1) is 16.8. The minimum absolute atomic E-state index is 0.000248. The molecule has 7 heteroatoms. The maximum Gasteiger partial charge on any atom is 0.310 e. The molecule has 0 aromatic carbocycles. The molecule has 0 aromatic heterocycles. The number of hydrogen-bond acceptors (Lipinski definition) is 6. The third-order valence-corrected chi connectivity index (χ3v) is 6.69. The third-order valence-electron chi connectivity index (χ3n) is 5.69. The van der Waals surface area contributed by atoms with Crippen LogP contribution in [-0.4, -0.2) is 46.1 Å². The van der Waals surface area contributed by atoms with Crippen LogP contribution in [0.15, 0.2) is 12.2 Å². The SMILES string of the molecule is C=C1C[C@H](O)[C@@H]2[C@H](OC(=O)[C@H]2C[S@@](=O)OC)[C@H]2[C@H](C)C(=O)C[C@@H]12. The van der Waals surface area contributed by atoms with E-state index in [2.05, 4.69) is 6.58 Å². The second-order valence-electron chi connectivity index (χ2n) is 6.80. The Morgan fingerprint density at radius 3 is 2.70 bits per heavy atom. The van der Waals surface area contributed by atoms with Crippen LogP contribution in [0.3, 0.4) is 0 Å². The summed E-state index contributed by atoms with van der Waals surface area (Å²) in [7, 11) is 1.31. The van der Waals surface area contributed by atoms with Gasteiger partial charge in [-0.3, -0.25) is 13.8 Å². The number of esters is 1. The van der Waals surface area contributed by atoms with Gasteiger partial charge in [0.05, 0.1) is 24.9 Å². The number of carbonyl (C=O) groups is 2. The van der Waals surface area contributed by atoms with Gasteiger partial charge < -0.3 is 9.84 Å². The van der Waals surface area contributed by atoms with Crippen LogP contribution in [0.25, 0.3) is 0 Å². The first-order valence-corrected chi connectivity index (χ1v) is 9.11. The highest BCUT2D eigenvalue weighted by molar-refractivity contribution is 7.80. The van der Waals surface area contributed by atoms with Crippen molar-refractivity contribution in [2.24, 2.45) is 29.6 Å². The number of carbonyl (C=O) groups excluding carboxylic acids is 2. The first-order chi connectivity index (χ1) is 10.8. The molecule has 1 saturated heterocycles. The van der Waals surface area contributed by atoms with Crippen molar-refractivity contribution in [2.75, 3.05) is 12.9 Å². The maximum atomic E-state index is 12.3. The van der Waals surface area contributed by atoms with Gasteiger partial charge in [-0.15, -0.1) is 0 Å². The van der Waals surface area contributed by atoms with Crippen LogP contribution in [0, 0.1) is 29.6 Å². The molecule has 0 bridgehead atoms. The van der Waals surface area contributed by atoms with Crippen LogP contribution in [0.5, 0.6) is 0 Å². The fourth-order valence-corrected chi connectivity index (χ4v) is 5.28. The molecule has 3 rings (SSSR count). The maximum absolute atomic E-state index is 12.3. The van der Waals surface area contributed by atoms with E-state index in [-0.39, 0.29) is 29.3 Å². The van der Waals surface area contributed by atoms with E-state index in [1.165, 1.54) is 7.11 Å². The van der Waals surface area contributed by atoms with E-state index in [9.17, 15) is 18.9 Å². The van der Waals surface area contributed by atoms with Gasteiger partial charge in [0.1, 0.15) is 11.9 Å². The molecule has 2 saturated carbocycles. The number of rotatable bonds is 3. The Labute approximate surface area is 137 Å². The van der Waals surface area contributed by atoms with Crippen molar-refractivity contribution in [3.05, 3.63) is 12.2 Å². The Balaban J connectivity index is 1.95. The monoisotopic (exact) mass is 342 g/mol. The van der Waals surface area contributed by atoms with Crippen molar-refractivity contribution in [1.82, 2.24) is 0 Å². The topological polar surface area (TPSA) is 89.9 Å². The second-order valence-corrected chi connectivity index (χ2v) is 8.07. The summed E-state index contributed by atoms with van der Waals surface area (Å²) in [6, 6.07) is 0. The van der Waals surface area contributed by atoms with Crippen LogP contribution >= 0.6 is 0 Å². The zero-order chi connectivity index (χ0) is 16.9. The van der Waals surface area contributed by atoms with Gasteiger partial charge in [-0.1, -0.05) is 19.1 Å². The molecule has 0 unspecified atom stereocenters. The summed E-state index contributed by atoms with van der Waals surface area (Å²) in [5, 5.41) is 10.6. The van der Waals surface area contributed by atoms with Gasteiger partial charge in [-0.05, 0) is 12.3 Å². The van der Waals surface area contributed by atoms with Gasteiger partial charge in [0.25, 0.3) is 0 Å². The summed E-state index contributed by atoms with van der Waals surface area (Å²) >= 11 is -1.61. The van der Waals surface area contributed by atoms with E-state index in [1.807, 2.05) is 6.92 Å².